The molecule has 0 aliphatic carbocycles. The summed E-state index contributed by atoms with van der Waals surface area (Å²) in [6.45, 7) is 2.04. The number of fused-ring (bicyclic) bond motifs is 1. The van der Waals surface area contributed by atoms with Crippen molar-refractivity contribution in [1.82, 2.24) is 5.32 Å². The van der Waals surface area contributed by atoms with Crippen LogP contribution in [0.25, 0.3) is 10.8 Å². The number of benzene rings is 3. The summed E-state index contributed by atoms with van der Waals surface area (Å²) in [6, 6.07) is 19.4. The van der Waals surface area contributed by atoms with Gasteiger partial charge in [0.05, 0.1) is 25.6 Å². The second-order valence-corrected chi connectivity index (χ2v) is 8.94. The molecule has 0 aromatic heterocycles. The summed E-state index contributed by atoms with van der Waals surface area (Å²) in [7, 11) is -2.20. The van der Waals surface area contributed by atoms with Crippen molar-refractivity contribution in [3.8, 4) is 11.5 Å². The summed E-state index contributed by atoms with van der Waals surface area (Å²) < 4.78 is 36.7. The van der Waals surface area contributed by atoms with E-state index >= 15 is 0 Å². The molecule has 0 aliphatic rings. The van der Waals surface area contributed by atoms with Gasteiger partial charge < -0.3 is 14.8 Å². The number of carbonyl (C=O) groups is 1. The number of amides is 1. The molecule has 0 heterocycles. The van der Waals surface area contributed by atoms with Crippen molar-refractivity contribution < 1.29 is 22.7 Å². The van der Waals surface area contributed by atoms with Crippen LogP contribution in [-0.4, -0.2) is 46.9 Å². The van der Waals surface area contributed by atoms with Crippen LogP contribution in [0.2, 0.25) is 0 Å². The first kappa shape index (κ1) is 22.4. The molecule has 1 amide bonds. The summed E-state index contributed by atoms with van der Waals surface area (Å²) in [5, 5.41) is 4.93. The van der Waals surface area contributed by atoms with Crippen molar-refractivity contribution in [2.24, 2.45) is 0 Å². The molecule has 0 saturated carbocycles. The lowest BCUT2D eigenvalue weighted by atomic mass is 10.1. The molecular formula is C23H26N2O5S. The molecule has 3 aromatic rings. The van der Waals surface area contributed by atoms with Crippen molar-refractivity contribution >= 4 is 32.4 Å². The third-order valence-electron chi connectivity index (χ3n) is 4.79. The Kier molecular flexibility index (Phi) is 7.02. The zero-order valence-electron chi connectivity index (χ0n) is 17.7. The SMILES string of the molecule is COc1cccc(N([C@H](C)C(=O)NCCOc2ccc3ccccc3c2)S(C)(=O)=O)c1. The Labute approximate surface area is 182 Å². The van der Waals surface area contributed by atoms with E-state index in [1.165, 1.54) is 7.11 Å². The van der Waals surface area contributed by atoms with Gasteiger partial charge in [0.2, 0.25) is 15.9 Å². The van der Waals surface area contributed by atoms with Gasteiger partial charge in [0.1, 0.15) is 24.1 Å². The number of hydrogen-bond acceptors (Lipinski definition) is 5. The maximum absolute atomic E-state index is 12.6. The first-order chi connectivity index (χ1) is 14.8. The number of sulfonamides is 1. The molecular weight excluding hydrogens is 416 g/mol. The lowest BCUT2D eigenvalue weighted by Crippen LogP contribution is -2.48. The highest BCUT2D eigenvalue weighted by atomic mass is 32.2. The molecule has 0 saturated heterocycles. The lowest BCUT2D eigenvalue weighted by Gasteiger charge is -2.28. The van der Waals surface area contributed by atoms with Crippen LogP contribution in [0.1, 0.15) is 6.92 Å². The smallest absolute Gasteiger partial charge is 0.243 e. The Balaban J connectivity index is 1.61. The average molecular weight is 443 g/mol. The van der Waals surface area contributed by atoms with Gasteiger partial charge in [0.25, 0.3) is 0 Å². The summed E-state index contributed by atoms with van der Waals surface area (Å²) in [5.74, 6) is 0.785. The zero-order valence-corrected chi connectivity index (χ0v) is 18.6. The molecule has 1 atom stereocenters. The van der Waals surface area contributed by atoms with E-state index in [0.717, 1.165) is 21.3 Å². The minimum Gasteiger partial charge on any atom is -0.497 e. The standard InChI is InChI=1S/C23H26N2O5S/c1-17(25(31(3,27)28)20-9-6-10-21(16-20)29-2)23(26)24-13-14-30-22-12-11-18-7-4-5-8-19(18)15-22/h4-12,15-17H,13-14H2,1-3H3,(H,24,26)/t17-/m1/s1. The molecule has 3 aromatic carbocycles. The third kappa shape index (κ3) is 5.67. The minimum atomic E-state index is -3.70. The second kappa shape index (κ2) is 9.70. The van der Waals surface area contributed by atoms with E-state index in [1.54, 1.807) is 31.2 Å². The van der Waals surface area contributed by atoms with E-state index < -0.39 is 22.0 Å². The molecule has 1 N–H and O–H groups in total. The molecule has 0 bridgehead atoms. The number of nitrogens with one attached hydrogen (secondary N) is 1. The Morgan fingerprint density at radius 3 is 2.45 bits per heavy atom. The van der Waals surface area contributed by atoms with Gasteiger partial charge in [-0.1, -0.05) is 36.4 Å². The third-order valence-corrected chi connectivity index (χ3v) is 6.03. The largest absolute Gasteiger partial charge is 0.497 e. The van der Waals surface area contributed by atoms with Gasteiger partial charge in [-0.25, -0.2) is 8.42 Å². The monoisotopic (exact) mass is 442 g/mol. The van der Waals surface area contributed by atoms with Gasteiger partial charge in [0, 0.05) is 6.07 Å². The molecule has 3 rings (SSSR count). The summed E-state index contributed by atoms with van der Waals surface area (Å²) >= 11 is 0. The highest BCUT2D eigenvalue weighted by Crippen LogP contribution is 2.25. The van der Waals surface area contributed by atoms with Crippen molar-refractivity contribution in [2.45, 2.75) is 13.0 Å². The van der Waals surface area contributed by atoms with Crippen LogP contribution in [-0.2, 0) is 14.8 Å². The van der Waals surface area contributed by atoms with Crippen molar-refractivity contribution in [3.05, 3.63) is 66.7 Å². The molecule has 8 heteroatoms. The van der Waals surface area contributed by atoms with Crippen LogP contribution in [0.4, 0.5) is 5.69 Å². The molecule has 31 heavy (non-hydrogen) atoms. The van der Waals surface area contributed by atoms with Gasteiger partial charge in [-0.15, -0.1) is 0 Å². The number of rotatable bonds is 9. The van der Waals surface area contributed by atoms with Crippen LogP contribution >= 0.6 is 0 Å². The first-order valence-electron chi connectivity index (χ1n) is 9.82. The molecule has 0 spiro atoms. The quantitative estimate of drug-likeness (QED) is 0.515. The maximum Gasteiger partial charge on any atom is 0.243 e. The fraction of sp³-hybridized carbons (Fsp3) is 0.261. The van der Waals surface area contributed by atoms with Gasteiger partial charge in [0.15, 0.2) is 0 Å². The predicted octanol–water partition coefficient (Wildman–Crippen LogP) is 3.20. The fourth-order valence-electron chi connectivity index (χ4n) is 3.30. The van der Waals surface area contributed by atoms with Gasteiger partial charge in [-0.2, -0.15) is 0 Å². The lowest BCUT2D eigenvalue weighted by molar-refractivity contribution is -0.121. The van der Waals surface area contributed by atoms with Gasteiger partial charge in [-0.3, -0.25) is 9.10 Å². The predicted molar refractivity (Wildman–Crippen MR) is 122 cm³/mol. The minimum absolute atomic E-state index is 0.242. The number of carbonyl (C=O) groups excluding carboxylic acids is 1. The molecule has 0 radical (unpaired) electrons. The van der Waals surface area contributed by atoms with Crippen LogP contribution in [0, 0.1) is 0 Å². The van der Waals surface area contributed by atoms with Crippen LogP contribution < -0.4 is 19.1 Å². The number of hydrogen-bond donors (Lipinski definition) is 1. The highest BCUT2D eigenvalue weighted by molar-refractivity contribution is 7.92. The van der Waals surface area contributed by atoms with Crippen molar-refractivity contribution in [2.75, 3.05) is 30.8 Å². The Morgan fingerprint density at radius 1 is 1.00 bits per heavy atom. The number of nitrogens with zero attached hydrogens (tertiary/aromatic N) is 1. The average Bonchev–Trinajstić information content (AvgIpc) is 2.75. The van der Waals surface area contributed by atoms with Crippen molar-refractivity contribution in [1.29, 1.82) is 0 Å². The first-order valence-corrected chi connectivity index (χ1v) is 11.7. The Morgan fingerprint density at radius 2 is 1.74 bits per heavy atom. The Bertz CT molecular complexity index is 1160. The highest BCUT2D eigenvalue weighted by Gasteiger charge is 2.29. The van der Waals surface area contributed by atoms with Crippen LogP contribution in [0.3, 0.4) is 0 Å². The van der Waals surface area contributed by atoms with E-state index in [1.807, 2.05) is 42.5 Å². The van der Waals surface area contributed by atoms with E-state index in [-0.39, 0.29) is 13.2 Å². The molecule has 164 valence electrons. The van der Waals surface area contributed by atoms with E-state index in [0.29, 0.717) is 17.2 Å². The second-order valence-electron chi connectivity index (χ2n) is 7.08. The normalized spacial score (nSPS) is 12.2. The number of ether oxygens (including phenoxy) is 2. The van der Waals surface area contributed by atoms with Gasteiger partial charge >= 0.3 is 0 Å². The van der Waals surface area contributed by atoms with E-state index in [2.05, 4.69) is 5.32 Å². The summed E-state index contributed by atoms with van der Waals surface area (Å²) in [4.78, 5) is 12.6. The molecule has 0 aliphatic heterocycles. The van der Waals surface area contributed by atoms with Crippen LogP contribution in [0.15, 0.2) is 66.7 Å². The van der Waals surface area contributed by atoms with Gasteiger partial charge in [-0.05, 0) is 42.0 Å². The molecule has 7 nitrogen and oxygen atoms in total. The zero-order chi connectivity index (χ0) is 22.4. The van der Waals surface area contributed by atoms with Crippen LogP contribution in [0.5, 0.6) is 11.5 Å². The number of anilines is 1. The summed E-state index contributed by atoms with van der Waals surface area (Å²) in [6.07, 6.45) is 1.07. The Hall–Kier alpha value is -3.26. The molecule has 0 fully saturated rings. The fourth-order valence-corrected chi connectivity index (χ4v) is 4.47. The summed E-state index contributed by atoms with van der Waals surface area (Å²) in [5.41, 5.74) is 0.358. The van der Waals surface area contributed by atoms with Crippen molar-refractivity contribution in [3.63, 3.8) is 0 Å². The van der Waals surface area contributed by atoms with E-state index in [4.69, 9.17) is 9.47 Å². The van der Waals surface area contributed by atoms with E-state index in [9.17, 15) is 13.2 Å². The maximum atomic E-state index is 12.6. The molecule has 0 unspecified atom stereocenters. The number of methoxy groups -OCH3 is 1. The topological polar surface area (TPSA) is 84.9 Å².